The Balaban J connectivity index is 1.86. The molecule has 0 unspecified atom stereocenters. The minimum atomic E-state index is -3.82. The first kappa shape index (κ1) is 24.9. The molecule has 32 heavy (non-hydrogen) atoms. The minimum Gasteiger partial charge on any atom is -0.380 e. The van der Waals surface area contributed by atoms with Crippen LogP contribution in [-0.4, -0.2) is 45.9 Å². The number of primary sulfonamides is 1. The summed E-state index contributed by atoms with van der Waals surface area (Å²) in [6.07, 6.45) is -0.175. The largest absolute Gasteiger partial charge is 0.380 e. The number of hydrogen-bond donors (Lipinski definition) is 5. The molecule has 0 aliphatic rings. The van der Waals surface area contributed by atoms with Crippen molar-refractivity contribution >= 4 is 44.8 Å². The first-order chi connectivity index (χ1) is 15.2. The van der Waals surface area contributed by atoms with Gasteiger partial charge in [0.05, 0.1) is 24.5 Å². The molecule has 0 radical (unpaired) electrons. The zero-order chi connectivity index (χ0) is 23.6. The van der Waals surface area contributed by atoms with Gasteiger partial charge in [-0.05, 0) is 42.5 Å². The summed E-state index contributed by atoms with van der Waals surface area (Å²) in [7, 11) is -3.82. The lowest BCUT2D eigenvalue weighted by Crippen LogP contribution is -2.20. The maximum Gasteiger partial charge on any atom is 0.323 e. The molecule has 0 saturated heterocycles. The van der Waals surface area contributed by atoms with Crippen LogP contribution in [0, 0.1) is 0 Å². The van der Waals surface area contributed by atoms with Crippen LogP contribution in [0.3, 0.4) is 0 Å². The van der Waals surface area contributed by atoms with E-state index in [1.54, 1.807) is 18.2 Å². The number of amides is 3. The van der Waals surface area contributed by atoms with Gasteiger partial charge in [-0.3, -0.25) is 9.59 Å². The number of carbonyl (C=O) groups is 3. The highest BCUT2D eigenvalue weighted by Gasteiger charge is 2.11. The summed E-state index contributed by atoms with van der Waals surface area (Å²) in [6, 6.07) is 11.1. The number of ether oxygens (including phenoxy) is 1. The number of benzene rings is 2. The Morgan fingerprint density at radius 1 is 0.875 bits per heavy atom. The highest BCUT2D eigenvalue weighted by atomic mass is 32.2. The van der Waals surface area contributed by atoms with E-state index in [0.717, 1.165) is 0 Å². The van der Waals surface area contributed by atoms with Gasteiger partial charge in [0.2, 0.25) is 15.9 Å². The molecule has 2 rings (SSSR count). The van der Waals surface area contributed by atoms with Crippen molar-refractivity contribution in [1.29, 1.82) is 0 Å². The van der Waals surface area contributed by atoms with Crippen molar-refractivity contribution in [3.05, 3.63) is 48.5 Å². The average molecular weight is 464 g/mol. The van der Waals surface area contributed by atoms with Gasteiger partial charge < -0.3 is 26.4 Å². The number of nitrogens with two attached hydrogens (primary N) is 2. The fraction of sp³-hybridized carbons (Fsp3) is 0.250. The molecule has 11 nitrogen and oxygen atoms in total. The Morgan fingerprint density at radius 3 is 2.12 bits per heavy atom. The summed E-state index contributed by atoms with van der Waals surface area (Å²) in [5.41, 5.74) is 6.43. The van der Waals surface area contributed by atoms with Crippen LogP contribution >= 0.6 is 0 Å². The monoisotopic (exact) mass is 463 g/mol. The van der Waals surface area contributed by atoms with Gasteiger partial charge in [0.1, 0.15) is 5.78 Å². The molecule has 0 atom stereocenters. The zero-order valence-electron chi connectivity index (χ0n) is 17.2. The third kappa shape index (κ3) is 8.81. The smallest absolute Gasteiger partial charge is 0.323 e. The van der Waals surface area contributed by atoms with E-state index in [1.807, 2.05) is 0 Å². The second kappa shape index (κ2) is 11.9. The lowest BCUT2D eigenvalue weighted by atomic mass is 10.2. The molecule has 0 heterocycles. The Hall–Kier alpha value is -3.32. The van der Waals surface area contributed by atoms with Gasteiger partial charge in [-0.25, -0.2) is 18.4 Å². The van der Waals surface area contributed by atoms with Gasteiger partial charge >= 0.3 is 6.03 Å². The average Bonchev–Trinajstić information content (AvgIpc) is 2.71. The van der Waals surface area contributed by atoms with E-state index in [1.165, 1.54) is 30.3 Å². The first-order valence-corrected chi connectivity index (χ1v) is 11.1. The Labute approximate surface area is 185 Å². The number of carbonyl (C=O) groups excluding carboxylic acids is 3. The summed E-state index contributed by atoms with van der Waals surface area (Å²) in [5.74, 6) is -0.744. The minimum absolute atomic E-state index is 0.0755. The topological polar surface area (TPSA) is 183 Å². The Kier molecular flexibility index (Phi) is 9.28. The molecule has 0 aliphatic carbocycles. The van der Waals surface area contributed by atoms with Gasteiger partial charge in [0.15, 0.2) is 0 Å². The Morgan fingerprint density at radius 2 is 1.50 bits per heavy atom. The van der Waals surface area contributed by atoms with Gasteiger partial charge in [0, 0.05) is 30.0 Å². The quantitative estimate of drug-likeness (QED) is 0.245. The number of ketones is 1. The predicted octanol–water partition coefficient (Wildman–Crippen LogP) is 1.24. The third-order valence-corrected chi connectivity index (χ3v) is 4.92. The third-order valence-electron chi connectivity index (χ3n) is 3.99. The second-order valence-electron chi connectivity index (χ2n) is 6.64. The number of Topliss-reactive ketones (excluding diaryl/α,β-unsaturated/α-hetero) is 1. The first-order valence-electron chi connectivity index (χ1n) is 9.57. The molecule has 0 aromatic heterocycles. The van der Waals surface area contributed by atoms with E-state index < -0.39 is 22.0 Å². The van der Waals surface area contributed by atoms with Crippen molar-refractivity contribution in [2.24, 2.45) is 10.9 Å². The molecule has 7 N–H and O–H groups in total. The summed E-state index contributed by atoms with van der Waals surface area (Å²) < 4.78 is 27.6. The van der Waals surface area contributed by atoms with E-state index in [-0.39, 0.29) is 30.1 Å². The van der Waals surface area contributed by atoms with Crippen LogP contribution in [0.5, 0.6) is 0 Å². The van der Waals surface area contributed by atoms with Crippen LogP contribution in [0.2, 0.25) is 0 Å². The molecule has 0 bridgehead atoms. The highest BCUT2D eigenvalue weighted by molar-refractivity contribution is 7.89. The van der Waals surface area contributed by atoms with E-state index in [4.69, 9.17) is 15.6 Å². The van der Waals surface area contributed by atoms with Crippen molar-refractivity contribution in [1.82, 2.24) is 0 Å². The Bertz CT molecular complexity index is 1060. The van der Waals surface area contributed by atoms with Gasteiger partial charge in [-0.1, -0.05) is 6.07 Å². The number of nitrogens with one attached hydrogen (secondary N) is 3. The van der Waals surface area contributed by atoms with E-state index in [0.29, 0.717) is 30.2 Å². The van der Waals surface area contributed by atoms with Gasteiger partial charge in [-0.2, -0.15) is 0 Å². The molecule has 2 aromatic rings. The molecule has 12 heteroatoms. The maximum atomic E-state index is 12.2. The fourth-order valence-corrected chi connectivity index (χ4v) is 3.06. The summed E-state index contributed by atoms with van der Waals surface area (Å²) in [6.45, 7) is 0.929. The van der Waals surface area contributed by atoms with E-state index >= 15 is 0 Å². The second-order valence-corrected chi connectivity index (χ2v) is 8.21. The van der Waals surface area contributed by atoms with Crippen LogP contribution in [0.25, 0.3) is 0 Å². The molecule has 0 spiro atoms. The fourth-order valence-electron chi connectivity index (χ4n) is 2.54. The van der Waals surface area contributed by atoms with Crippen molar-refractivity contribution in [3.8, 4) is 0 Å². The standard InChI is InChI=1S/C20H25N5O6S/c21-9-11-31-10-8-17(26)13-19(27)23-15-2-1-3-16(12-15)25-20(28)24-14-4-6-18(7-5-14)32(22,29)30/h1-7,12H,8-11,13,21H2,(H,23,27)(H2,22,29,30)(H2,24,25,28). The molecule has 3 amide bonds. The zero-order valence-corrected chi connectivity index (χ0v) is 18.0. The molecule has 0 saturated carbocycles. The lowest BCUT2D eigenvalue weighted by molar-refractivity contribution is -0.126. The number of anilines is 3. The highest BCUT2D eigenvalue weighted by Crippen LogP contribution is 2.17. The molecule has 2 aromatic carbocycles. The molecule has 0 fully saturated rings. The number of urea groups is 1. The summed E-state index contributed by atoms with van der Waals surface area (Å²) in [4.78, 5) is 35.9. The van der Waals surface area contributed by atoms with Crippen LogP contribution in [0.4, 0.5) is 21.9 Å². The van der Waals surface area contributed by atoms with Crippen LogP contribution < -0.4 is 26.8 Å². The SMILES string of the molecule is NCCOCCC(=O)CC(=O)Nc1cccc(NC(=O)Nc2ccc(S(N)(=O)=O)cc2)c1. The van der Waals surface area contributed by atoms with Gasteiger partial charge in [0.25, 0.3) is 0 Å². The van der Waals surface area contributed by atoms with Crippen molar-refractivity contribution in [2.75, 3.05) is 35.7 Å². The molecule has 172 valence electrons. The number of rotatable bonds is 11. The van der Waals surface area contributed by atoms with E-state index in [2.05, 4.69) is 16.0 Å². The van der Waals surface area contributed by atoms with Crippen LogP contribution in [-0.2, 0) is 24.3 Å². The molecule has 0 aliphatic heterocycles. The van der Waals surface area contributed by atoms with Crippen LogP contribution in [0.1, 0.15) is 12.8 Å². The molecular weight excluding hydrogens is 438 g/mol. The lowest BCUT2D eigenvalue weighted by Gasteiger charge is -2.10. The number of hydrogen-bond acceptors (Lipinski definition) is 7. The van der Waals surface area contributed by atoms with Crippen molar-refractivity contribution in [2.45, 2.75) is 17.7 Å². The van der Waals surface area contributed by atoms with Crippen molar-refractivity contribution < 1.29 is 27.5 Å². The van der Waals surface area contributed by atoms with Crippen molar-refractivity contribution in [3.63, 3.8) is 0 Å². The van der Waals surface area contributed by atoms with Gasteiger partial charge in [-0.15, -0.1) is 0 Å². The summed E-state index contributed by atoms with van der Waals surface area (Å²) >= 11 is 0. The van der Waals surface area contributed by atoms with E-state index in [9.17, 15) is 22.8 Å². The maximum absolute atomic E-state index is 12.2. The predicted molar refractivity (Wildman–Crippen MR) is 120 cm³/mol. The number of sulfonamides is 1. The summed E-state index contributed by atoms with van der Waals surface area (Å²) in [5, 5.41) is 12.8. The molecular formula is C20H25N5O6S. The van der Waals surface area contributed by atoms with Crippen LogP contribution in [0.15, 0.2) is 53.4 Å². The normalized spacial score (nSPS) is 10.9.